The zero-order chi connectivity index (χ0) is 19.8. The molecule has 28 heavy (non-hydrogen) atoms. The molecule has 3 aromatic rings. The van der Waals surface area contributed by atoms with Gasteiger partial charge in [-0.05, 0) is 18.6 Å². The second-order valence-electron chi connectivity index (χ2n) is 6.77. The molecule has 2 aromatic heterocycles. The van der Waals surface area contributed by atoms with Crippen molar-refractivity contribution < 1.29 is 14.3 Å². The molecule has 3 heterocycles. The fourth-order valence-corrected chi connectivity index (χ4v) is 3.78. The third-order valence-electron chi connectivity index (χ3n) is 5.03. The van der Waals surface area contributed by atoms with Crippen LogP contribution in [0.1, 0.15) is 36.9 Å². The van der Waals surface area contributed by atoms with Crippen LogP contribution in [0, 0.1) is 5.92 Å². The van der Waals surface area contributed by atoms with Gasteiger partial charge in [-0.15, -0.1) is 0 Å². The lowest BCUT2D eigenvalue weighted by Crippen LogP contribution is -2.30. The van der Waals surface area contributed by atoms with Crippen LogP contribution in [0.25, 0.3) is 11.2 Å². The van der Waals surface area contributed by atoms with Crippen LogP contribution in [-0.2, 0) is 9.47 Å². The Morgan fingerprint density at radius 1 is 1.32 bits per heavy atom. The number of carbonyl (C=O) groups excluding carboxylic acids is 1. The Hall–Kier alpha value is -2.71. The molecule has 0 saturated carbocycles. The van der Waals surface area contributed by atoms with Gasteiger partial charge in [0.15, 0.2) is 23.1 Å². The van der Waals surface area contributed by atoms with Crippen molar-refractivity contribution >= 4 is 34.7 Å². The van der Waals surface area contributed by atoms with Crippen LogP contribution in [0.2, 0.25) is 5.15 Å². The Bertz CT molecular complexity index is 1010. The van der Waals surface area contributed by atoms with Crippen molar-refractivity contribution in [3.63, 3.8) is 0 Å². The van der Waals surface area contributed by atoms with Crippen molar-refractivity contribution in [2.24, 2.45) is 5.92 Å². The molecule has 0 amide bonds. The van der Waals surface area contributed by atoms with Crippen molar-refractivity contribution in [1.29, 1.82) is 0 Å². The van der Waals surface area contributed by atoms with E-state index in [4.69, 9.17) is 26.8 Å². The smallest absolute Gasteiger partial charge is 0.338 e. The largest absolute Gasteiger partial charge is 0.454 e. The quantitative estimate of drug-likeness (QED) is 0.528. The molecule has 0 unspecified atom stereocenters. The van der Waals surface area contributed by atoms with E-state index < -0.39 is 18.3 Å². The van der Waals surface area contributed by atoms with Crippen molar-refractivity contribution in [2.75, 3.05) is 5.73 Å². The van der Waals surface area contributed by atoms with Crippen LogP contribution in [0.5, 0.6) is 0 Å². The molecule has 0 spiro atoms. The number of fused-ring (bicyclic) bond motifs is 1. The molecule has 1 saturated heterocycles. The first-order valence-electron chi connectivity index (χ1n) is 9.06. The molecule has 0 bridgehead atoms. The lowest BCUT2D eigenvalue weighted by Gasteiger charge is -2.22. The summed E-state index contributed by atoms with van der Waals surface area (Å²) in [6.45, 7) is 4.04. The first-order valence-corrected chi connectivity index (χ1v) is 9.44. The van der Waals surface area contributed by atoms with E-state index in [0.29, 0.717) is 16.7 Å². The Morgan fingerprint density at radius 3 is 2.79 bits per heavy atom. The fourth-order valence-electron chi connectivity index (χ4n) is 3.56. The minimum absolute atomic E-state index is 0.0187. The maximum atomic E-state index is 12.7. The third kappa shape index (κ3) is 3.18. The number of nitrogen functional groups attached to an aromatic ring is 1. The molecular formula is C19H20ClN5O3. The number of benzene rings is 1. The van der Waals surface area contributed by atoms with E-state index in [0.717, 1.165) is 6.42 Å². The second kappa shape index (κ2) is 7.37. The highest BCUT2D eigenvalue weighted by atomic mass is 35.5. The first-order chi connectivity index (χ1) is 13.5. The van der Waals surface area contributed by atoms with E-state index >= 15 is 0 Å². The van der Waals surface area contributed by atoms with Crippen LogP contribution < -0.4 is 5.73 Å². The number of hydrogen-bond acceptors (Lipinski definition) is 7. The van der Waals surface area contributed by atoms with Gasteiger partial charge in [0, 0.05) is 5.92 Å². The van der Waals surface area contributed by atoms with Crippen molar-refractivity contribution in [3.8, 4) is 0 Å². The van der Waals surface area contributed by atoms with E-state index in [1.807, 2.05) is 19.9 Å². The summed E-state index contributed by atoms with van der Waals surface area (Å²) in [6.07, 6.45) is 1.14. The fraction of sp³-hybridized carbons (Fsp3) is 0.368. The molecule has 9 heteroatoms. The summed E-state index contributed by atoms with van der Waals surface area (Å²) in [5.74, 6) is -0.385. The average molecular weight is 402 g/mol. The lowest BCUT2D eigenvalue weighted by atomic mass is 9.98. The number of halogens is 1. The minimum atomic E-state index is -0.594. The summed E-state index contributed by atoms with van der Waals surface area (Å²) < 4.78 is 13.8. The predicted octanol–water partition coefficient (Wildman–Crippen LogP) is 3.23. The molecule has 4 rings (SSSR count). The summed E-state index contributed by atoms with van der Waals surface area (Å²) in [6, 6.07) is 8.87. The highest BCUT2D eigenvalue weighted by Crippen LogP contribution is 2.39. The van der Waals surface area contributed by atoms with E-state index in [-0.39, 0.29) is 23.1 Å². The Labute approximate surface area is 166 Å². The number of hydrogen-bond donors (Lipinski definition) is 1. The van der Waals surface area contributed by atoms with Gasteiger partial charge >= 0.3 is 5.97 Å². The van der Waals surface area contributed by atoms with Gasteiger partial charge in [-0.25, -0.2) is 9.78 Å². The molecule has 4 atom stereocenters. The van der Waals surface area contributed by atoms with Crippen molar-refractivity contribution in [2.45, 2.75) is 38.7 Å². The molecule has 2 N–H and O–H groups in total. The summed E-state index contributed by atoms with van der Waals surface area (Å²) in [5, 5.41) is 0.164. The molecule has 146 valence electrons. The van der Waals surface area contributed by atoms with Gasteiger partial charge in [0.1, 0.15) is 5.52 Å². The molecule has 8 nitrogen and oxygen atoms in total. The average Bonchev–Trinajstić information content (AvgIpc) is 3.24. The standard InChI is InChI=1S/C19H20ClN5O3/c1-3-12-10(2)14(28-18(26)11-7-5-4-6-8-11)17(27-12)25-9-22-13-15(20)23-19(21)24-16(13)25/h4-10,12,14,17H,3H2,1-2H3,(H2,21,23,24)/t10-,12-,14-,17-/m1/s1. The van der Waals surface area contributed by atoms with Gasteiger partial charge < -0.3 is 15.2 Å². The molecule has 1 aromatic carbocycles. The van der Waals surface area contributed by atoms with E-state index in [9.17, 15) is 4.79 Å². The zero-order valence-electron chi connectivity index (χ0n) is 15.4. The first kappa shape index (κ1) is 18.6. The number of carbonyl (C=O) groups is 1. The summed E-state index contributed by atoms with van der Waals surface area (Å²) in [4.78, 5) is 25.1. The van der Waals surface area contributed by atoms with Gasteiger partial charge in [0.2, 0.25) is 5.95 Å². The van der Waals surface area contributed by atoms with Crippen LogP contribution in [0.15, 0.2) is 36.7 Å². The van der Waals surface area contributed by atoms with Crippen LogP contribution in [0.3, 0.4) is 0 Å². The third-order valence-corrected chi connectivity index (χ3v) is 5.29. The Morgan fingerprint density at radius 2 is 2.07 bits per heavy atom. The topological polar surface area (TPSA) is 105 Å². The number of nitrogens with two attached hydrogens (primary N) is 1. The normalized spacial score (nSPS) is 24.5. The SMILES string of the molecule is CC[C@H]1O[C@@H](n2cnc3c(Cl)nc(N)nc32)[C@H](OC(=O)c2ccccc2)[C@@H]1C. The molecule has 1 aliphatic rings. The van der Waals surface area contributed by atoms with E-state index in [2.05, 4.69) is 15.0 Å². The van der Waals surface area contributed by atoms with Crippen molar-refractivity contribution in [1.82, 2.24) is 19.5 Å². The van der Waals surface area contributed by atoms with Gasteiger partial charge in [0.05, 0.1) is 18.0 Å². The number of ether oxygens (including phenoxy) is 2. The van der Waals surface area contributed by atoms with Crippen LogP contribution >= 0.6 is 11.6 Å². The lowest BCUT2D eigenvalue weighted by molar-refractivity contribution is -0.0469. The highest BCUT2D eigenvalue weighted by Gasteiger charge is 2.45. The molecule has 0 aliphatic carbocycles. The monoisotopic (exact) mass is 401 g/mol. The number of imidazole rings is 1. The van der Waals surface area contributed by atoms with E-state index in [1.54, 1.807) is 35.2 Å². The van der Waals surface area contributed by atoms with Gasteiger partial charge in [0.25, 0.3) is 0 Å². The van der Waals surface area contributed by atoms with Crippen LogP contribution in [-0.4, -0.2) is 37.7 Å². The summed E-state index contributed by atoms with van der Waals surface area (Å²) >= 11 is 6.13. The van der Waals surface area contributed by atoms with Crippen molar-refractivity contribution in [3.05, 3.63) is 47.4 Å². The number of aromatic nitrogens is 4. The summed E-state index contributed by atoms with van der Waals surface area (Å²) in [5.41, 5.74) is 7.09. The van der Waals surface area contributed by atoms with Gasteiger partial charge in [-0.1, -0.05) is 43.6 Å². The number of anilines is 1. The van der Waals surface area contributed by atoms with Crippen LogP contribution in [0.4, 0.5) is 5.95 Å². The highest BCUT2D eigenvalue weighted by molar-refractivity contribution is 6.33. The zero-order valence-corrected chi connectivity index (χ0v) is 16.2. The maximum Gasteiger partial charge on any atom is 0.338 e. The van der Waals surface area contributed by atoms with Gasteiger partial charge in [-0.2, -0.15) is 9.97 Å². The molecule has 0 radical (unpaired) electrons. The number of nitrogens with zero attached hydrogens (tertiary/aromatic N) is 4. The Balaban J connectivity index is 1.71. The van der Waals surface area contributed by atoms with Gasteiger partial charge in [-0.3, -0.25) is 4.57 Å². The second-order valence-corrected chi connectivity index (χ2v) is 7.12. The molecular weight excluding hydrogens is 382 g/mol. The minimum Gasteiger partial charge on any atom is -0.454 e. The number of rotatable bonds is 4. The summed E-state index contributed by atoms with van der Waals surface area (Å²) in [7, 11) is 0. The molecule has 1 aliphatic heterocycles. The maximum absolute atomic E-state index is 12.7. The predicted molar refractivity (Wildman–Crippen MR) is 104 cm³/mol. The van der Waals surface area contributed by atoms with E-state index in [1.165, 1.54) is 0 Å². The molecule has 1 fully saturated rings. The number of esters is 1. The Kier molecular flexibility index (Phi) is 4.91.